The van der Waals surface area contributed by atoms with Crippen LogP contribution in [0.15, 0.2) is 65.8 Å². The van der Waals surface area contributed by atoms with E-state index in [1.807, 2.05) is 0 Å². The van der Waals surface area contributed by atoms with Crippen molar-refractivity contribution in [3.63, 3.8) is 0 Å². The third-order valence-electron chi connectivity index (χ3n) is 4.96. The van der Waals surface area contributed by atoms with Crippen molar-refractivity contribution in [3.8, 4) is 0 Å². The van der Waals surface area contributed by atoms with Crippen molar-refractivity contribution in [2.75, 3.05) is 6.26 Å². The summed E-state index contributed by atoms with van der Waals surface area (Å²) in [4.78, 5) is 11.7. The molecular formula is C21H15ClFN5O2S. The predicted molar refractivity (Wildman–Crippen MR) is 115 cm³/mol. The molecule has 5 aromatic rings. The fourth-order valence-electron chi connectivity index (χ4n) is 3.63. The van der Waals surface area contributed by atoms with Crippen molar-refractivity contribution >= 4 is 43.4 Å². The quantitative estimate of drug-likeness (QED) is 0.411. The average molecular weight is 456 g/mol. The van der Waals surface area contributed by atoms with E-state index in [-0.39, 0.29) is 5.03 Å². The fraction of sp³-hybridized carbons (Fsp3) is 0.0952. The van der Waals surface area contributed by atoms with Crippen LogP contribution in [-0.4, -0.2) is 39.4 Å². The van der Waals surface area contributed by atoms with E-state index in [9.17, 15) is 12.8 Å². The normalized spacial score (nSPS) is 13.1. The van der Waals surface area contributed by atoms with Gasteiger partial charge in [0.1, 0.15) is 11.9 Å². The van der Waals surface area contributed by atoms with Gasteiger partial charge < -0.3 is 4.98 Å². The Bertz CT molecular complexity index is 1540. The summed E-state index contributed by atoms with van der Waals surface area (Å²) in [5.41, 5.74) is 2.57. The van der Waals surface area contributed by atoms with E-state index in [0.29, 0.717) is 38.3 Å². The van der Waals surface area contributed by atoms with E-state index in [4.69, 9.17) is 11.6 Å². The highest BCUT2D eigenvalue weighted by Crippen LogP contribution is 2.32. The third-order valence-corrected chi connectivity index (χ3v) is 6.20. The number of para-hydroxylation sites is 1. The largest absolute Gasteiger partial charge is 0.340 e. The molecule has 3 heterocycles. The number of H-pyrrole nitrogens is 1. The molecule has 0 aliphatic heterocycles. The number of benzene rings is 2. The molecule has 0 radical (unpaired) electrons. The van der Waals surface area contributed by atoms with E-state index in [2.05, 4.69) is 20.1 Å². The Balaban J connectivity index is 1.82. The van der Waals surface area contributed by atoms with Crippen LogP contribution in [0, 0.1) is 5.95 Å². The second-order valence-corrected chi connectivity index (χ2v) is 9.51. The number of nitrogens with zero attached hydrogens (tertiary/aromatic N) is 4. The Morgan fingerprint density at radius 2 is 1.94 bits per heavy atom. The van der Waals surface area contributed by atoms with Crippen molar-refractivity contribution in [1.29, 1.82) is 0 Å². The van der Waals surface area contributed by atoms with E-state index < -0.39 is 21.8 Å². The smallest absolute Gasteiger partial charge is 0.212 e. The fourth-order valence-corrected chi connectivity index (χ4v) is 4.61. The first-order valence-electron chi connectivity index (χ1n) is 9.25. The summed E-state index contributed by atoms with van der Waals surface area (Å²) in [5, 5.41) is 5.44. The first-order chi connectivity index (χ1) is 14.8. The summed E-state index contributed by atoms with van der Waals surface area (Å²) in [6.45, 7) is 0. The summed E-state index contributed by atoms with van der Waals surface area (Å²) in [5.74, 6) is -0.139. The Kier molecular flexibility index (Phi) is 4.53. The third kappa shape index (κ3) is 3.45. The van der Waals surface area contributed by atoms with Gasteiger partial charge in [0.15, 0.2) is 14.9 Å². The van der Waals surface area contributed by atoms with Crippen LogP contribution < -0.4 is 0 Å². The van der Waals surface area contributed by atoms with Crippen LogP contribution in [0.25, 0.3) is 21.9 Å². The van der Waals surface area contributed by atoms with Crippen LogP contribution in [0.4, 0.5) is 4.39 Å². The number of hydrogen-bond acceptors (Lipinski definition) is 5. The number of nitrogens with one attached hydrogen (secondary N) is 1. The number of aromatic amines is 1. The second kappa shape index (κ2) is 7.14. The minimum Gasteiger partial charge on any atom is -0.340 e. The van der Waals surface area contributed by atoms with Crippen molar-refractivity contribution in [1.82, 2.24) is 24.7 Å². The molecule has 0 aliphatic carbocycles. The zero-order valence-corrected chi connectivity index (χ0v) is 17.7. The first kappa shape index (κ1) is 19.7. The molecule has 7 nitrogen and oxygen atoms in total. The molecule has 156 valence electrons. The molecule has 31 heavy (non-hydrogen) atoms. The van der Waals surface area contributed by atoms with Crippen molar-refractivity contribution in [2.45, 2.75) is 11.1 Å². The van der Waals surface area contributed by atoms with Gasteiger partial charge >= 0.3 is 0 Å². The van der Waals surface area contributed by atoms with Gasteiger partial charge in [0.2, 0.25) is 5.95 Å². The van der Waals surface area contributed by atoms with E-state index in [1.54, 1.807) is 53.2 Å². The van der Waals surface area contributed by atoms with Gasteiger partial charge in [-0.2, -0.15) is 9.49 Å². The Hall–Kier alpha value is -3.30. The molecular weight excluding hydrogens is 441 g/mol. The lowest BCUT2D eigenvalue weighted by Gasteiger charge is -2.17. The maximum atomic E-state index is 13.5. The predicted octanol–water partition coefficient (Wildman–Crippen LogP) is 4.14. The summed E-state index contributed by atoms with van der Waals surface area (Å²) < 4.78 is 39.9. The lowest BCUT2D eigenvalue weighted by Crippen LogP contribution is -2.16. The molecule has 10 heteroatoms. The summed E-state index contributed by atoms with van der Waals surface area (Å²) in [6.07, 6.45) is 2.50. The highest BCUT2D eigenvalue weighted by molar-refractivity contribution is 7.90. The molecule has 0 saturated heterocycles. The lowest BCUT2D eigenvalue weighted by atomic mass is 10.1. The number of imidazole rings is 1. The van der Waals surface area contributed by atoms with Gasteiger partial charge in [-0.3, -0.25) is 0 Å². The maximum absolute atomic E-state index is 13.5. The standard InChI is InChI=1S/C21H15ClFN5O2S/c1-31(29,30)21-14-4-2-3-5-17(14)28(27-21)19(12-6-9-18(23)24-11-12)20-25-15-8-7-13(22)10-16(15)26-20/h2-11,19H,1H3,(H,25,26). The number of sulfone groups is 1. The number of halogens is 2. The van der Waals surface area contributed by atoms with Gasteiger partial charge in [-0.25, -0.2) is 23.1 Å². The highest BCUT2D eigenvalue weighted by atomic mass is 35.5. The second-order valence-electron chi connectivity index (χ2n) is 7.14. The first-order valence-corrected chi connectivity index (χ1v) is 11.5. The van der Waals surface area contributed by atoms with Crippen molar-refractivity contribution < 1.29 is 12.8 Å². The molecule has 1 N–H and O–H groups in total. The molecule has 3 aromatic heterocycles. The van der Waals surface area contributed by atoms with Gasteiger partial charge in [0.05, 0.1) is 16.6 Å². The molecule has 0 spiro atoms. The topological polar surface area (TPSA) is 93.5 Å². The number of pyridine rings is 1. The molecule has 0 fully saturated rings. The minimum absolute atomic E-state index is 0.0395. The van der Waals surface area contributed by atoms with Gasteiger partial charge in [0, 0.05) is 28.4 Å². The van der Waals surface area contributed by atoms with Gasteiger partial charge in [0.25, 0.3) is 0 Å². The summed E-state index contributed by atoms with van der Waals surface area (Å²) in [6, 6.07) is 14.4. The molecule has 5 rings (SSSR count). The van der Waals surface area contributed by atoms with E-state index >= 15 is 0 Å². The van der Waals surface area contributed by atoms with E-state index in [0.717, 1.165) is 6.26 Å². The van der Waals surface area contributed by atoms with E-state index in [1.165, 1.54) is 12.3 Å². The van der Waals surface area contributed by atoms with Crippen LogP contribution >= 0.6 is 11.6 Å². The lowest BCUT2D eigenvalue weighted by molar-refractivity contribution is 0.552. The van der Waals surface area contributed by atoms with Crippen LogP contribution in [0.3, 0.4) is 0 Å². The van der Waals surface area contributed by atoms with Crippen LogP contribution in [0.1, 0.15) is 17.4 Å². The molecule has 0 aliphatic rings. The van der Waals surface area contributed by atoms with Crippen LogP contribution in [0.2, 0.25) is 5.02 Å². The average Bonchev–Trinajstić information content (AvgIpc) is 3.31. The van der Waals surface area contributed by atoms with Gasteiger partial charge in [-0.1, -0.05) is 29.8 Å². The van der Waals surface area contributed by atoms with Gasteiger partial charge in [-0.05, 0) is 36.4 Å². The molecule has 0 saturated carbocycles. The summed E-state index contributed by atoms with van der Waals surface area (Å²) >= 11 is 6.11. The Morgan fingerprint density at radius 1 is 1.13 bits per heavy atom. The summed E-state index contributed by atoms with van der Waals surface area (Å²) in [7, 11) is -3.60. The zero-order chi connectivity index (χ0) is 21.8. The molecule has 1 unspecified atom stereocenters. The van der Waals surface area contributed by atoms with Crippen LogP contribution in [0.5, 0.6) is 0 Å². The monoisotopic (exact) mass is 455 g/mol. The maximum Gasteiger partial charge on any atom is 0.212 e. The number of fused-ring (bicyclic) bond motifs is 2. The zero-order valence-electron chi connectivity index (χ0n) is 16.1. The Labute approximate surface area is 181 Å². The van der Waals surface area contributed by atoms with Crippen molar-refractivity contribution in [2.24, 2.45) is 0 Å². The number of rotatable bonds is 4. The molecule has 0 bridgehead atoms. The minimum atomic E-state index is -3.60. The molecule has 2 aromatic carbocycles. The highest BCUT2D eigenvalue weighted by Gasteiger charge is 2.27. The molecule has 1 atom stereocenters. The van der Waals surface area contributed by atoms with Crippen LogP contribution in [-0.2, 0) is 9.84 Å². The Morgan fingerprint density at radius 3 is 2.68 bits per heavy atom. The van der Waals surface area contributed by atoms with Crippen molar-refractivity contribution in [3.05, 3.63) is 83.2 Å². The van der Waals surface area contributed by atoms with Gasteiger partial charge in [-0.15, -0.1) is 0 Å². The SMILES string of the molecule is CS(=O)(=O)c1nn(C(c2ccc(F)nc2)c2nc3ccc(Cl)cc3[nH]2)c2ccccc12. The molecule has 0 amide bonds. The number of aromatic nitrogens is 5. The number of hydrogen-bond donors (Lipinski definition) is 1.